The van der Waals surface area contributed by atoms with Gasteiger partial charge in [-0.25, -0.2) is 4.98 Å². The molecule has 3 unspecified atom stereocenters. The Morgan fingerprint density at radius 3 is 2.57 bits per heavy atom. The molecule has 0 spiro atoms. The Balaban J connectivity index is 2.25. The number of nitrogens with zero attached hydrogens (tertiary/aromatic N) is 2. The molecule has 5 nitrogen and oxygen atoms in total. The number of carbonyl (C=O) groups is 2. The molecule has 116 valence electrons. The highest BCUT2D eigenvalue weighted by Crippen LogP contribution is 2.29. The molecule has 1 N–H and O–H groups in total. The zero-order valence-electron chi connectivity index (χ0n) is 13.2. The fourth-order valence-corrected chi connectivity index (χ4v) is 3.54. The van der Waals surface area contributed by atoms with Crippen LogP contribution >= 0.6 is 11.3 Å². The van der Waals surface area contributed by atoms with Crippen molar-refractivity contribution in [3.8, 4) is 0 Å². The van der Waals surface area contributed by atoms with E-state index in [2.05, 4.69) is 24.1 Å². The smallest absolute Gasteiger partial charge is 0.246 e. The highest BCUT2D eigenvalue weighted by molar-refractivity contribution is 7.09. The Bertz CT molecular complexity index is 541. The molecular formula is C15H23N3O2S. The highest BCUT2D eigenvalue weighted by Gasteiger charge is 2.41. The van der Waals surface area contributed by atoms with Crippen LogP contribution in [0.5, 0.6) is 0 Å². The molecule has 2 heterocycles. The van der Waals surface area contributed by atoms with Gasteiger partial charge in [0, 0.05) is 11.1 Å². The molecule has 2 rings (SSSR count). The minimum atomic E-state index is -0.458. The van der Waals surface area contributed by atoms with Crippen molar-refractivity contribution in [2.75, 3.05) is 0 Å². The van der Waals surface area contributed by atoms with E-state index < -0.39 is 12.1 Å². The molecule has 1 aliphatic heterocycles. The third kappa shape index (κ3) is 3.26. The van der Waals surface area contributed by atoms with Crippen molar-refractivity contribution in [3.63, 3.8) is 0 Å². The van der Waals surface area contributed by atoms with Crippen molar-refractivity contribution in [2.45, 2.75) is 59.2 Å². The first-order valence-corrected chi connectivity index (χ1v) is 8.23. The normalized spacial score (nSPS) is 24.4. The summed E-state index contributed by atoms with van der Waals surface area (Å²) < 4.78 is 0. The summed E-state index contributed by atoms with van der Waals surface area (Å²) in [6.45, 7) is 9.75. The topological polar surface area (TPSA) is 62.3 Å². The summed E-state index contributed by atoms with van der Waals surface area (Å²) in [5.41, 5.74) is 0.946. The van der Waals surface area contributed by atoms with Gasteiger partial charge in [-0.2, -0.15) is 0 Å². The van der Waals surface area contributed by atoms with E-state index in [9.17, 15) is 9.59 Å². The van der Waals surface area contributed by atoms with E-state index in [1.165, 1.54) is 11.3 Å². The number of carbonyl (C=O) groups excluding carboxylic acids is 2. The second kappa shape index (κ2) is 6.13. The van der Waals surface area contributed by atoms with Crippen LogP contribution in [-0.4, -0.2) is 33.8 Å². The zero-order chi connectivity index (χ0) is 15.7. The molecule has 2 amide bonds. The van der Waals surface area contributed by atoms with E-state index in [0.29, 0.717) is 12.3 Å². The lowest BCUT2D eigenvalue weighted by molar-refractivity contribution is -0.151. The highest BCUT2D eigenvalue weighted by atomic mass is 32.1. The molecule has 0 aliphatic carbocycles. The largest absolute Gasteiger partial charge is 0.343 e. The summed E-state index contributed by atoms with van der Waals surface area (Å²) in [6, 6.07) is -1.05. The van der Waals surface area contributed by atoms with Crippen LogP contribution in [0.1, 0.15) is 50.9 Å². The Morgan fingerprint density at radius 1 is 1.38 bits per heavy atom. The number of piperazine rings is 1. The number of hydrogen-bond acceptors (Lipinski definition) is 4. The number of aryl methyl sites for hydroxylation is 1. The lowest BCUT2D eigenvalue weighted by atomic mass is 9.98. The van der Waals surface area contributed by atoms with Crippen LogP contribution in [0.4, 0.5) is 0 Å². The average molecular weight is 309 g/mol. The van der Waals surface area contributed by atoms with Crippen LogP contribution in [-0.2, 0) is 9.59 Å². The quantitative estimate of drug-likeness (QED) is 0.928. The monoisotopic (exact) mass is 309 g/mol. The summed E-state index contributed by atoms with van der Waals surface area (Å²) in [7, 11) is 0. The number of aromatic nitrogens is 1. The molecule has 1 saturated heterocycles. The van der Waals surface area contributed by atoms with E-state index in [1.54, 1.807) is 11.8 Å². The molecule has 0 bridgehead atoms. The molecule has 0 saturated carbocycles. The van der Waals surface area contributed by atoms with Crippen molar-refractivity contribution in [2.24, 2.45) is 5.92 Å². The van der Waals surface area contributed by atoms with Gasteiger partial charge in [-0.15, -0.1) is 11.3 Å². The van der Waals surface area contributed by atoms with Gasteiger partial charge in [0.15, 0.2) is 0 Å². The predicted molar refractivity (Wildman–Crippen MR) is 83.0 cm³/mol. The maximum absolute atomic E-state index is 12.7. The van der Waals surface area contributed by atoms with Crippen LogP contribution in [0.15, 0.2) is 5.38 Å². The van der Waals surface area contributed by atoms with Gasteiger partial charge in [0.25, 0.3) is 0 Å². The number of thiazole rings is 1. The van der Waals surface area contributed by atoms with Crippen molar-refractivity contribution in [1.29, 1.82) is 0 Å². The maximum atomic E-state index is 12.7. The second-order valence-corrected chi connectivity index (χ2v) is 7.00. The SMILES string of the molecule is Cc1csc(C(C)N2C(=O)C(CC(C)C)NC(=O)C2C)n1. The van der Waals surface area contributed by atoms with E-state index in [1.807, 2.05) is 19.2 Å². The molecular weight excluding hydrogens is 286 g/mol. The summed E-state index contributed by atoms with van der Waals surface area (Å²) >= 11 is 1.54. The predicted octanol–water partition coefficient (Wildman–Crippen LogP) is 2.27. The van der Waals surface area contributed by atoms with Crippen LogP contribution in [0.2, 0.25) is 0 Å². The number of amides is 2. The lowest BCUT2D eigenvalue weighted by Crippen LogP contribution is -2.62. The first-order chi connectivity index (χ1) is 9.81. The number of rotatable bonds is 4. The molecule has 1 fully saturated rings. The van der Waals surface area contributed by atoms with E-state index in [-0.39, 0.29) is 17.9 Å². The van der Waals surface area contributed by atoms with E-state index in [4.69, 9.17) is 0 Å². The molecule has 1 aliphatic rings. The maximum Gasteiger partial charge on any atom is 0.246 e. The fraction of sp³-hybridized carbons (Fsp3) is 0.667. The van der Waals surface area contributed by atoms with Crippen molar-refractivity contribution < 1.29 is 9.59 Å². The third-order valence-electron chi connectivity index (χ3n) is 3.78. The zero-order valence-corrected chi connectivity index (χ0v) is 14.0. The van der Waals surface area contributed by atoms with E-state index >= 15 is 0 Å². The Kier molecular flexibility index (Phi) is 4.66. The minimum absolute atomic E-state index is 0.00356. The van der Waals surface area contributed by atoms with Crippen molar-refractivity contribution in [1.82, 2.24) is 15.2 Å². The molecule has 0 aromatic carbocycles. The van der Waals surface area contributed by atoms with E-state index in [0.717, 1.165) is 10.7 Å². The van der Waals surface area contributed by atoms with Gasteiger partial charge in [-0.3, -0.25) is 9.59 Å². The third-order valence-corrected chi connectivity index (χ3v) is 4.92. The van der Waals surface area contributed by atoms with Crippen LogP contribution in [0, 0.1) is 12.8 Å². The van der Waals surface area contributed by atoms with Gasteiger partial charge in [0.05, 0.1) is 6.04 Å². The molecule has 1 aromatic heterocycles. The summed E-state index contributed by atoms with van der Waals surface area (Å²) in [4.78, 5) is 31.0. The number of nitrogens with one attached hydrogen (secondary N) is 1. The molecule has 21 heavy (non-hydrogen) atoms. The lowest BCUT2D eigenvalue weighted by Gasteiger charge is -2.40. The van der Waals surface area contributed by atoms with Crippen LogP contribution < -0.4 is 5.32 Å². The Morgan fingerprint density at radius 2 is 2.05 bits per heavy atom. The number of hydrogen-bond donors (Lipinski definition) is 1. The van der Waals surface area contributed by atoms with Crippen molar-refractivity contribution >= 4 is 23.2 Å². The van der Waals surface area contributed by atoms with Gasteiger partial charge >= 0.3 is 0 Å². The van der Waals surface area contributed by atoms with Crippen LogP contribution in [0.3, 0.4) is 0 Å². The Labute approximate surface area is 129 Å². The molecule has 0 radical (unpaired) electrons. The Hall–Kier alpha value is -1.43. The average Bonchev–Trinajstić information content (AvgIpc) is 2.82. The summed E-state index contributed by atoms with van der Waals surface area (Å²) in [5.74, 6) is 0.267. The van der Waals surface area contributed by atoms with Gasteiger partial charge in [0.2, 0.25) is 11.8 Å². The van der Waals surface area contributed by atoms with Gasteiger partial charge in [0.1, 0.15) is 17.1 Å². The fourth-order valence-electron chi connectivity index (χ4n) is 2.69. The first kappa shape index (κ1) is 15.9. The second-order valence-electron chi connectivity index (χ2n) is 6.12. The van der Waals surface area contributed by atoms with Gasteiger partial charge in [-0.05, 0) is 33.1 Å². The van der Waals surface area contributed by atoms with Crippen molar-refractivity contribution in [3.05, 3.63) is 16.1 Å². The van der Waals surface area contributed by atoms with Gasteiger partial charge < -0.3 is 10.2 Å². The minimum Gasteiger partial charge on any atom is -0.343 e. The molecule has 6 heteroatoms. The molecule has 1 aromatic rings. The van der Waals surface area contributed by atoms with Crippen LogP contribution in [0.25, 0.3) is 0 Å². The first-order valence-electron chi connectivity index (χ1n) is 7.35. The van der Waals surface area contributed by atoms with Gasteiger partial charge in [-0.1, -0.05) is 13.8 Å². The summed E-state index contributed by atoms with van der Waals surface area (Å²) in [5, 5.41) is 5.69. The molecule has 3 atom stereocenters. The standard InChI is InChI=1S/C15H23N3O2S/c1-8(2)6-12-15(20)18(10(4)13(19)17-12)11(5)14-16-9(3)7-21-14/h7-8,10-12H,6H2,1-5H3,(H,17,19). The summed E-state index contributed by atoms with van der Waals surface area (Å²) in [6.07, 6.45) is 0.664.